The van der Waals surface area contributed by atoms with Crippen LogP contribution in [-0.2, 0) is 0 Å². The fourth-order valence-electron chi connectivity index (χ4n) is 3.01. The zero-order chi connectivity index (χ0) is 15.0. The molecular formula is C16H18BrClN2O. The molecule has 3 rings (SSSR count). The SMILES string of the molecule is C[C@H]1CCCC[C@H]1N=Cc1[nH]c2ccc(Br)c(Cl)c2c1O. The number of aromatic amines is 1. The Morgan fingerprint density at radius 2 is 2.14 bits per heavy atom. The van der Waals surface area contributed by atoms with Crippen LogP contribution in [0.3, 0.4) is 0 Å². The van der Waals surface area contributed by atoms with Crippen LogP contribution in [0.5, 0.6) is 5.75 Å². The average Bonchev–Trinajstić information content (AvgIpc) is 2.79. The largest absolute Gasteiger partial charge is 0.505 e. The standard InChI is InChI=1S/C16H18BrClN2O/c1-9-4-2-3-5-11(9)19-8-13-16(21)14-12(20-13)7-6-10(17)15(14)18/h6-9,11,20-21H,2-5H2,1H3/t9-,11+/m0/s1. The summed E-state index contributed by atoms with van der Waals surface area (Å²) in [5.74, 6) is 0.780. The number of fused-ring (bicyclic) bond motifs is 1. The van der Waals surface area contributed by atoms with Crippen LogP contribution < -0.4 is 0 Å². The molecule has 112 valence electrons. The summed E-state index contributed by atoms with van der Waals surface area (Å²) in [6, 6.07) is 4.11. The van der Waals surface area contributed by atoms with Crippen LogP contribution >= 0.6 is 27.5 Å². The monoisotopic (exact) mass is 368 g/mol. The predicted molar refractivity (Wildman–Crippen MR) is 91.7 cm³/mol. The fraction of sp³-hybridized carbons (Fsp3) is 0.438. The predicted octanol–water partition coefficient (Wildman–Crippen LogP) is 5.29. The van der Waals surface area contributed by atoms with Crippen LogP contribution in [0.2, 0.25) is 5.02 Å². The summed E-state index contributed by atoms with van der Waals surface area (Å²) in [4.78, 5) is 7.85. The molecule has 0 saturated heterocycles. The summed E-state index contributed by atoms with van der Waals surface area (Å²) < 4.78 is 0.773. The van der Waals surface area contributed by atoms with Gasteiger partial charge in [-0.15, -0.1) is 0 Å². The van der Waals surface area contributed by atoms with E-state index in [9.17, 15) is 5.11 Å². The van der Waals surface area contributed by atoms with E-state index < -0.39 is 0 Å². The number of hydrogen-bond donors (Lipinski definition) is 2. The van der Waals surface area contributed by atoms with Gasteiger partial charge in [-0.25, -0.2) is 0 Å². The van der Waals surface area contributed by atoms with E-state index in [1.54, 1.807) is 6.21 Å². The summed E-state index contributed by atoms with van der Waals surface area (Å²) in [7, 11) is 0. The van der Waals surface area contributed by atoms with Gasteiger partial charge < -0.3 is 10.1 Å². The average molecular weight is 370 g/mol. The van der Waals surface area contributed by atoms with Crippen molar-refractivity contribution < 1.29 is 5.11 Å². The second-order valence-corrected chi connectivity index (χ2v) is 7.01. The van der Waals surface area contributed by atoms with Crippen LogP contribution in [-0.4, -0.2) is 22.3 Å². The van der Waals surface area contributed by atoms with E-state index in [0.717, 1.165) is 16.4 Å². The van der Waals surface area contributed by atoms with Gasteiger partial charge in [0.25, 0.3) is 0 Å². The third kappa shape index (κ3) is 2.84. The molecule has 1 aliphatic carbocycles. The van der Waals surface area contributed by atoms with Gasteiger partial charge in [0.2, 0.25) is 0 Å². The Morgan fingerprint density at radius 1 is 1.38 bits per heavy atom. The summed E-state index contributed by atoms with van der Waals surface area (Å²) >= 11 is 9.62. The number of benzene rings is 1. The minimum atomic E-state index is 0.170. The van der Waals surface area contributed by atoms with Crippen molar-refractivity contribution in [3.8, 4) is 5.75 Å². The molecule has 1 aromatic carbocycles. The van der Waals surface area contributed by atoms with Gasteiger partial charge in [0, 0.05) is 10.7 Å². The number of rotatable bonds is 2. The normalized spacial score (nSPS) is 23.2. The van der Waals surface area contributed by atoms with E-state index in [4.69, 9.17) is 11.6 Å². The third-order valence-corrected chi connectivity index (χ3v) is 5.60. The van der Waals surface area contributed by atoms with E-state index in [2.05, 4.69) is 32.8 Å². The topological polar surface area (TPSA) is 48.4 Å². The molecule has 0 spiro atoms. The lowest BCUT2D eigenvalue weighted by Crippen LogP contribution is -2.20. The molecule has 1 fully saturated rings. The maximum atomic E-state index is 10.4. The van der Waals surface area contributed by atoms with Crippen molar-refractivity contribution in [2.75, 3.05) is 0 Å². The molecule has 0 unspecified atom stereocenters. The number of H-pyrrole nitrogens is 1. The maximum absolute atomic E-state index is 10.4. The second kappa shape index (κ2) is 6.01. The molecule has 1 heterocycles. The minimum absolute atomic E-state index is 0.170. The highest BCUT2D eigenvalue weighted by Gasteiger charge is 2.20. The lowest BCUT2D eigenvalue weighted by Gasteiger charge is -2.25. The third-order valence-electron chi connectivity index (χ3n) is 4.32. The number of aliphatic imine (C=N–C) groups is 1. The summed E-state index contributed by atoms with van der Waals surface area (Å²) in [6.45, 7) is 2.25. The van der Waals surface area contributed by atoms with Gasteiger partial charge in [-0.2, -0.15) is 0 Å². The highest BCUT2D eigenvalue weighted by atomic mass is 79.9. The van der Waals surface area contributed by atoms with Gasteiger partial charge in [0.15, 0.2) is 5.75 Å². The summed E-state index contributed by atoms with van der Waals surface area (Å²) in [5, 5.41) is 11.5. The van der Waals surface area contributed by atoms with E-state index in [1.165, 1.54) is 19.3 Å². The molecule has 0 bridgehead atoms. The Kier molecular flexibility index (Phi) is 4.27. The van der Waals surface area contributed by atoms with Crippen LogP contribution in [0, 0.1) is 5.92 Å². The van der Waals surface area contributed by atoms with Crippen molar-refractivity contribution in [1.82, 2.24) is 4.98 Å². The van der Waals surface area contributed by atoms with Crippen LogP contribution in [0.1, 0.15) is 38.3 Å². The highest BCUT2D eigenvalue weighted by Crippen LogP contribution is 2.38. The molecule has 0 radical (unpaired) electrons. The van der Waals surface area contributed by atoms with E-state index in [1.807, 2.05) is 12.1 Å². The molecular weight excluding hydrogens is 352 g/mol. The lowest BCUT2D eigenvalue weighted by molar-refractivity contribution is 0.333. The fourth-order valence-corrected chi connectivity index (χ4v) is 3.59. The van der Waals surface area contributed by atoms with Crippen molar-refractivity contribution >= 4 is 44.6 Å². The number of hydrogen-bond acceptors (Lipinski definition) is 2. The van der Waals surface area contributed by atoms with Gasteiger partial charge in [0.1, 0.15) is 0 Å². The molecule has 5 heteroatoms. The Hall–Kier alpha value is -1.00. The lowest BCUT2D eigenvalue weighted by atomic mass is 9.86. The molecule has 0 aliphatic heterocycles. The zero-order valence-electron chi connectivity index (χ0n) is 11.9. The Labute approximate surface area is 137 Å². The highest BCUT2D eigenvalue weighted by molar-refractivity contribution is 9.10. The van der Waals surface area contributed by atoms with Gasteiger partial charge in [-0.3, -0.25) is 4.99 Å². The molecule has 3 nitrogen and oxygen atoms in total. The quantitative estimate of drug-likeness (QED) is 0.694. The van der Waals surface area contributed by atoms with Crippen LogP contribution in [0.15, 0.2) is 21.6 Å². The number of halogens is 2. The van der Waals surface area contributed by atoms with Gasteiger partial charge in [0.05, 0.1) is 27.7 Å². The molecule has 1 aliphatic rings. The number of nitrogens with zero attached hydrogens (tertiary/aromatic N) is 1. The molecule has 1 aromatic heterocycles. The summed E-state index contributed by atoms with van der Waals surface area (Å²) in [6.07, 6.45) is 6.66. The van der Waals surface area contributed by atoms with Crippen molar-refractivity contribution in [3.05, 3.63) is 27.3 Å². The number of aromatic hydroxyl groups is 1. The van der Waals surface area contributed by atoms with Crippen molar-refractivity contribution in [2.24, 2.45) is 10.9 Å². The zero-order valence-corrected chi connectivity index (χ0v) is 14.2. The maximum Gasteiger partial charge on any atom is 0.151 e. The smallest absolute Gasteiger partial charge is 0.151 e. The van der Waals surface area contributed by atoms with Gasteiger partial charge >= 0.3 is 0 Å². The first-order chi connectivity index (χ1) is 10.1. The number of aromatic nitrogens is 1. The first-order valence-corrected chi connectivity index (χ1v) is 8.47. The second-order valence-electron chi connectivity index (χ2n) is 5.78. The van der Waals surface area contributed by atoms with Crippen LogP contribution in [0.25, 0.3) is 10.9 Å². The molecule has 1 saturated carbocycles. The molecule has 2 N–H and O–H groups in total. The first-order valence-electron chi connectivity index (χ1n) is 7.29. The van der Waals surface area contributed by atoms with Crippen molar-refractivity contribution in [1.29, 1.82) is 0 Å². The van der Waals surface area contributed by atoms with E-state index in [-0.39, 0.29) is 5.75 Å². The molecule has 2 atom stereocenters. The van der Waals surface area contributed by atoms with E-state index in [0.29, 0.717) is 28.1 Å². The van der Waals surface area contributed by atoms with Gasteiger partial charge in [-0.05, 0) is 46.8 Å². The molecule has 0 amide bonds. The Morgan fingerprint density at radius 3 is 2.90 bits per heavy atom. The molecule has 2 aromatic rings. The first kappa shape index (κ1) is 14.9. The van der Waals surface area contributed by atoms with Crippen molar-refractivity contribution in [3.63, 3.8) is 0 Å². The Bertz CT molecular complexity index is 695. The number of nitrogens with one attached hydrogen (secondary N) is 1. The van der Waals surface area contributed by atoms with E-state index >= 15 is 0 Å². The molecule has 21 heavy (non-hydrogen) atoms. The Balaban J connectivity index is 1.94. The van der Waals surface area contributed by atoms with Crippen LogP contribution in [0.4, 0.5) is 0 Å². The minimum Gasteiger partial charge on any atom is -0.505 e. The van der Waals surface area contributed by atoms with Crippen molar-refractivity contribution in [2.45, 2.75) is 38.6 Å². The van der Waals surface area contributed by atoms with Gasteiger partial charge in [-0.1, -0.05) is 31.4 Å². The summed E-state index contributed by atoms with van der Waals surface area (Å²) in [5.41, 5.74) is 1.45.